The third kappa shape index (κ3) is 3.58. The predicted molar refractivity (Wildman–Crippen MR) is 119 cm³/mol. The Hall–Kier alpha value is -3.92. The highest BCUT2D eigenvalue weighted by Crippen LogP contribution is 2.50. The molecule has 2 aromatic carbocycles. The van der Waals surface area contributed by atoms with Crippen molar-refractivity contribution in [3.05, 3.63) is 65.5 Å². The van der Waals surface area contributed by atoms with Crippen molar-refractivity contribution in [3.63, 3.8) is 0 Å². The topological polar surface area (TPSA) is 104 Å². The SMILES string of the molecule is C=CCNC(=O)c1cccc(-n2nnnc2[C@@H]2c3c(cc4c(c3OC)OCO4)CCN2C)c1. The molecule has 170 valence electrons. The van der Waals surface area contributed by atoms with Crippen LogP contribution in [-0.2, 0) is 6.42 Å². The number of benzene rings is 2. The van der Waals surface area contributed by atoms with Gasteiger partial charge in [-0.1, -0.05) is 12.1 Å². The molecule has 0 saturated heterocycles. The molecule has 1 aromatic heterocycles. The van der Waals surface area contributed by atoms with Crippen LogP contribution in [0.3, 0.4) is 0 Å². The number of aromatic nitrogens is 4. The first-order valence-corrected chi connectivity index (χ1v) is 10.6. The summed E-state index contributed by atoms with van der Waals surface area (Å²) in [6.45, 7) is 4.98. The van der Waals surface area contributed by atoms with Crippen molar-refractivity contribution in [2.45, 2.75) is 12.5 Å². The van der Waals surface area contributed by atoms with Gasteiger partial charge in [-0.3, -0.25) is 9.69 Å². The summed E-state index contributed by atoms with van der Waals surface area (Å²) in [5, 5.41) is 15.4. The zero-order chi connectivity index (χ0) is 22.9. The Morgan fingerprint density at radius 3 is 3.06 bits per heavy atom. The van der Waals surface area contributed by atoms with Crippen LogP contribution in [0.4, 0.5) is 0 Å². The van der Waals surface area contributed by atoms with Crippen LogP contribution in [0.25, 0.3) is 5.69 Å². The van der Waals surface area contributed by atoms with Crippen molar-refractivity contribution < 1.29 is 19.0 Å². The van der Waals surface area contributed by atoms with Crippen LogP contribution in [0, 0.1) is 0 Å². The second-order valence-electron chi connectivity index (χ2n) is 7.85. The zero-order valence-corrected chi connectivity index (χ0v) is 18.4. The number of ether oxygens (including phenoxy) is 3. The van der Waals surface area contributed by atoms with E-state index in [1.54, 1.807) is 36.1 Å². The van der Waals surface area contributed by atoms with Crippen molar-refractivity contribution in [2.75, 3.05) is 34.0 Å². The van der Waals surface area contributed by atoms with Crippen LogP contribution in [0.2, 0.25) is 0 Å². The number of carbonyl (C=O) groups is 1. The molecule has 0 radical (unpaired) electrons. The van der Waals surface area contributed by atoms with Crippen molar-refractivity contribution in [1.82, 2.24) is 30.4 Å². The van der Waals surface area contributed by atoms with Gasteiger partial charge in [-0.2, -0.15) is 4.68 Å². The lowest BCUT2D eigenvalue weighted by Crippen LogP contribution is -2.35. The Bertz CT molecular complexity index is 1220. The maximum Gasteiger partial charge on any atom is 0.251 e. The minimum Gasteiger partial charge on any atom is -0.492 e. The molecule has 0 aliphatic carbocycles. The molecule has 3 aromatic rings. The molecule has 1 atom stereocenters. The fourth-order valence-corrected chi connectivity index (χ4v) is 4.35. The van der Waals surface area contributed by atoms with Crippen LogP contribution >= 0.6 is 0 Å². The Morgan fingerprint density at radius 2 is 2.24 bits per heavy atom. The first-order chi connectivity index (χ1) is 16.1. The molecule has 2 aliphatic heterocycles. The first kappa shape index (κ1) is 21.0. The van der Waals surface area contributed by atoms with Crippen molar-refractivity contribution in [1.29, 1.82) is 0 Å². The molecule has 10 heteroatoms. The van der Waals surface area contributed by atoms with Gasteiger partial charge < -0.3 is 19.5 Å². The lowest BCUT2D eigenvalue weighted by molar-refractivity contribution is 0.0958. The van der Waals surface area contributed by atoms with E-state index in [1.807, 2.05) is 19.2 Å². The number of nitrogens with zero attached hydrogens (tertiary/aromatic N) is 5. The van der Waals surface area contributed by atoms with Crippen LogP contribution < -0.4 is 19.5 Å². The monoisotopic (exact) mass is 448 g/mol. The number of fused-ring (bicyclic) bond motifs is 2. The van der Waals surface area contributed by atoms with Crippen molar-refractivity contribution >= 4 is 5.91 Å². The minimum atomic E-state index is -0.286. The summed E-state index contributed by atoms with van der Waals surface area (Å²) in [5.41, 5.74) is 3.24. The summed E-state index contributed by atoms with van der Waals surface area (Å²) in [7, 11) is 3.65. The summed E-state index contributed by atoms with van der Waals surface area (Å²) in [6, 6.07) is 8.91. The highest BCUT2D eigenvalue weighted by molar-refractivity contribution is 5.94. The van der Waals surface area contributed by atoms with Gasteiger partial charge in [0.05, 0.1) is 12.8 Å². The number of tetrazole rings is 1. The second kappa shape index (κ2) is 8.55. The summed E-state index contributed by atoms with van der Waals surface area (Å²) < 4.78 is 18.8. The number of rotatable bonds is 6. The normalized spacial score (nSPS) is 16.8. The van der Waals surface area contributed by atoms with E-state index in [1.165, 1.54) is 0 Å². The van der Waals surface area contributed by atoms with E-state index in [2.05, 4.69) is 32.3 Å². The van der Waals surface area contributed by atoms with Gasteiger partial charge in [0.1, 0.15) is 6.04 Å². The smallest absolute Gasteiger partial charge is 0.251 e. The molecule has 0 fully saturated rings. The zero-order valence-electron chi connectivity index (χ0n) is 18.4. The lowest BCUT2D eigenvalue weighted by Gasteiger charge is -2.34. The van der Waals surface area contributed by atoms with Gasteiger partial charge in [-0.25, -0.2) is 0 Å². The highest BCUT2D eigenvalue weighted by atomic mass is 16.7. The van der Waals surface area contributed by atoms with Gasteiger partial charge in [0, 0.05) is 24.2 Å². The molecule has 1 N–H and O–H groups in total. The number of likely N-dealkylation sites (N-methyl/N-ethyl adjacent to an activating group) is 1. The van der Waals surface area contributed by atoms with Crippen LogP contribution in [0.5, 0.6) is 17.2 Å². The standard InChI is InChI=1S/C23H24N6O4/c1-4-9-24-23(30)15-6-5-7-16(11-15)29-22(25-26-27-29)19-18-14(8-10-28(19)2)12-17-20(21(18)31-3)33-13-32-17/h4-7,11-12,19H,1,8-10,13H2,2-3H3,(H,24,30)/t19-/m0/s1. The van der Waals surface area contributed by atoms with Gasteiger partial charge in [0.25, 0.3) is 5.91 Å². The van der Waals surface area contributed by atoms with E-state index in [4.69, 9.17) is 14.2 Å². The van der Waals surface area contributed by atoms with E-state index in [0.29, 0.717) is 40.9 Å². The molecule has 33 heavy (non-hydrogen) atoms. The molecule has 5 rings (SSSR count). The quantitative estimate of drug-likeness (QED) is 0.571. The van der Waals surface area contributed by atoms with E-state index >= 15 is 0 Å². The molecule has 0 spiro atoms. The van der Waals surface area contributed by atoms with Gasteiger partial charge in [0.2, 0.25) is 12.5 Å². The second-order valence-corrected chi connectivity index (χ2v) is 7.85. The summed E-state index contributed by atoms with van der Waals surface area (Å²) in [4.78, 5) is 14.6. The Morgan fingerprint density at radius 1 is 1.36 bits per heavy atom. The first-order valence-electron chi connectivity index (χ1n) is 10.6. The molecular weight excluding hydrogens is 424 g/mol. The average Bonchev–Trinajstić information content (AvgIpc) is 3.51. The fraction of sp³-hybridized carbons (Fsp3) is 0.304. The molecule has 1 amide bonds. The van der Waals surface area contributed by atoms with E-state index in [9.17, 15) is 4.79 Å². The van der Waals surface area contributed by atoms with Gasteiger partial charge in [-0.05, 0) is 53.7 Å². The Balaban J connectivity index is 1.60. The Kier molecular flexibility index (Phi) is 5.43. The molecule has 3 heterocycles. The number of amides is 1. The molecule has 10 nitrogen and oxygen atoms in total. The van der Waals surface area contributed by atoms with Crippen molar-refractivity contribution in [3.8, 4) is 22.9 Å². The van der Waals surface area contributed by atoms with E-state index in [-0.39, 0.29) is 18.7 Å². The molecule has 0 saturated carbocycles. The van der Waals surface area contributed by atoms with Gasteiger partial charge in [-0.15, -0.1) is 11.7 Å². The minimum absolute atomic E-state index is 0.160. The maximum atomic E-state index is 12.4. The lowest BCUT2D eigenvalue weighted by atomic mass is 9.90. The maximum absolute atomic E-state index is 12.4. The van der Waals surface area contributed by atoms with E-state index < -0.39 is 0 Å². The van der Waals surface area contributed by atoms with Crippen molar-refractivity contribution in [2.24, 2.45) is 0 Å². The summed E-state index contributed by atoms with van der Waals surface area (Å²) in [5.74, 6) is 2.33. The fourth-order valence-electron chi connectivity index (χ4n) is 4.35. The third-order valence-corrected chi connectivity index (χ3v) is 5.89. The third-order valence-electron chi connectivity index (χ3n) is 5.89. The number of nitrogens with one attached hydrogen (secondary N) is 1. The number of hydrogen-bond acceptors (Lipinski definition) is 8. The van der Waals surface area contributed by atoms with Gasteiger partial charge >= 0.3 is 0 Å². The van der Waals surface area contributed by atoms with Crippen LogP contribution in [-0.4, -0.2) is 65.1 Å². The molecule has 2 aliphatic rings. The van der Waals surface area contributed by atoms with Crippen LogP contribution in [0.15, 0.2) is 43.0 Å². The summed E-state index contributed by atoms with van der Waals surface area (Å²) in [6.07, 6.45) is 2.46. The molecular formula is C23H24N6O4. The largest absolute Gasteiger partial charge is 0.492 e. The molecule has 0 bridgehead atoms. The van der Waals surface area contributed by atoms with Crippen LogP contribution in [0.1, 0.15) is 33.4 Å². The number of carbonyl (C=O) groups excluding carboxylic acids is 1. The number of methoxy groups -OCH3 is 1. The average molecular weight is 448 g/mol. The van der Waals surface area contributed by atoms with Gasteiger partial charge in [0.15, 0.2) is 17.3 Å². The predicted octanol–water partition coefficient (Wildman–Crippen LogP) is 1.89. The van der Waals surface area contributed by atoms with E-state index in [0.717, 1.165) is 24.1 Å². The Labute approximate surface area is 190 Å². The molecule has 0 unspecified atom stereocenters. The highest BCUT2D eigenvalue weighted by Gasteiger charge is 2.37. The summed E-state index contributed by atoms with van der Waals surface area (Å²) >= 11 is 0. The number of hydrogen-bond donors (Lipinski definition) is 1.